The van der Waals surface area contributed by atoms with E-state index in [0.29, 0.717) is 5.59 Å². The maximum Gasteiger partial charge on any atom is 0.141 e. The fourth-order valence-electron chi connectivity index (χ4n) is 1.68. The summed E-state index contributed by atoms with van der Waals surface area (Å²) in [5.41, 5.74) is 4.17. The minimum Gasteiger partial charge on any atom is -0.293 e. The Morgan fingerprint density at radius 3 is 2.19 bits per heavy atom. The summed E-state index contributed by atoms with van der Waals surface area (Å²) >= 11 is 0. The molecule has 0 aliphatic heterocycles. The van der Waals surface area contributed by atoms with Crippen LogP contribution >= 0.6 is 0 Å². The minimum absolute atomic E-state index is 0.181. The van der Waals surface area contributed by atoms with Gasteiger partial charge in [0.05, 0.1) is 6.20 Å². The fraction of sp³-hybridized carbons (Fsp3) is 0.308. The number of benzene rings is 1. The second kappa shape index (κ2) is 3.82. The monoisotopic (exact) mass is 210 g/mol. The van der Waals surface area contributed by atoms with Crippen LogP contribution in [-0.2, 0) is 5.41 Å². The number of H-pyrrole nitrogens is 1. The molecule has 0 fully saturated rings. The summed E-state index contributed by atoms with van der Waals surface area (Å²) < 4.78 is 0. The van der Waals surface area contributed by atoms with Gasteiger partial charge >= 0.3 is 0 Å². The number of hydrogen-bond acceptors (Lipinski definition) is 1. The Morgan fingerprint density at radius 2 is 1.75 bits per heavy atom. The van der Waals surface area contributed by atoms with Crippen LogP contribution in [0.5, 0.6) is 0 Å². The maximum absolute atomic E-state index is 5.78. The van der Waals surface area contributed by atoms with Crippen LogP contribution in [-0.4, -0.2) is 18.0 Å². The van der Waals surface area contributed by atoms with Crippen LogP contribution < -0.4 is 5.59 Å². The first-order valence-corrected chi connectivity index (χ1v) is 5.38. The number of aromatic amines is 1. The van der Waals surface area contributed by atoms with E-state index in [-0.39, 0.29) is 5.41 Å². The smallest absolute Gasteiger partial charge is 0.141 e. The lowest BCUT2D eigenvalue weighted by Crippen LogP contribution is -2.11. The van der Waals surface area contributed by atoms with Gasteiger partial charge in [-0.25, -0.2) is 0 Å². The zero-order chi connectivity index (χ0) is 11.8. The van der Waals surface area contributed by atoms with E-state index in [1.807, 2.05) is 0 Å². The van der Waals surface area contributed by atoms with Crippen molar-refractivity contribution in [2.45, 2.75) is 26.2 Å². The summed E-state index contributed by atoms with van der Waals surface area (Å²) in [6.45, 7) is 6.61. The summed E-state index contributed by atoms with van der Waals surface area (Å²) in [6.07, 6.45) is 1.75. The summed E-state index contributed by atoms with van der Waals surface area (Å²) in [7, 11) is 5.78. The van der Waals surface area contributed by atoms with Gasteiger partial charge in [0.15, 0.2) is 0 Å². The molecule has 0 atom stereocenters. The van der Waals surface area contributed by atoms with E-state index in [0.717, 1.165) is 11.1 Å². The molecule has 1 aromatic carbocycles. The largest absolute Gasteiger partial charge is 0.293 e. The van der Waals surface area contributed by atoms with Gasteiger partial charge in [-0.15, -0.1) is 0 Å². The van der Waals surface area contributed by atoms with Gasteiger partial charge < -0.3 is 0 Å². The van der Waals surface area contributed by atoms with Gasteiger partial charge in [-0.05, 0) is 22.1 Å². The lowest BCUT2D eigenvalue weighted by atomic mass is 9.85. The van der Waals surface area contributed by atoms with Crippen LogP contribution in [0.2, 0.25) is 0 Å². The number of hydrogen-bond donors (Lipinski definition) is 1. The third-order valence-corrected chi connectivity index (χ3v) is 2.73. The minimum atomic E-state index is 0.181. The molecular weight excluding hydrogens is 195 g/mol. The fourth-order valence-corrected chi connectivity index (χ4v) is 1.68. The molecule has 16 heavy (non-hydrogen) atoms. The molecule has 2 radical (unpaired) electrons. The number of nitrogens with zero attached hydrogens (tertiary/aromatic N) is 1. The molecule has 2 rings (SSSR count). The zero-order valence-electron chi connectivity index (χ0n) is 9.91. The molecule has 3 heteroatoms. The molecule has 1 aromatic heterocycles. The summed E-state index contributed by atoms with van der Waals surface area (Å²) in [5.74, 6) is 0. The van der Waals surface area contributed by atoms with Crippen molar-refractivity contribution in [1.29, 1.82) is 0 Å². The third-order valence-electron chi connectivity index (χ3n) is 2.73. The molecule has 0 spiro atoms. The molecule has 0 bridgehead atoms. The molecule has 0 saturated heterocycles. The van der Waals surface area contributed by atoms with Gasteiger partial charge in [0.25, 0.3) is 0 Å². The average molecular weight is 210 g/mol. The van der Waals surface area contributed by atoms with Gasteiger partial charge in [0, 0.05) is 5.56 Å². The highest BCUT2D eigenvalue weighted by Gasteiger charge is 2.13. The van der Waals surface area contributed by atoms with E-state index >= 15 is 0 Å². The van der Waals surface area contributed by atoms with Gasteiger partial charge in [-0.3, -0.25) is 5.10 Å². The highest BCUT2D eigenvalue weighted by atomic mass is 15.1. The van der Waals surface area contributed by atoms with E-state index < -0.39 is 0 Å². The standard InChI is InChI=1S/C13H15BN2/c1-13(2,3)10-6-4-9(5-7-10)11-8-15-16-12(11)14/h4-8H,1-3H3,(H,15,16). The lowest BCUT2D eigenvalue weighted by molar-refractivity contribution is 0.590. The number of rotatable bonds is 1. The highest BCUT2D eigenvalue weighted by Crippen LogP contribution is 2.24. The molecule has 1 N–H and O–H groups in total. The molecule has 1 heterocycles. The highest BCUT2D eigenvalue weighted by molar-refractivity contribution is 6.34. The predicted octanol–water partition coefficient (Wildman–Crippen LogP) is 2.17. The molecule has 0 aliphatic rings. The maximum atomic E-state index is 5.78. The molecule has 0 amide bonds. The Balaban J connectivity index is 2.37. The van der Waals surface area contributed by atoms with Crippen molar-refractivity contribution in [3.63, 3.8) is 0 Å². The van der Waals surface area contributed by atoms with Crippen molar-refractivity contribution < 1.29 is 0 Å². The normalized spacial score (nSPS) is 11.7. The van der Waals surface area contributed by atoms with Gasteiger partial charge in [0.2, 0.25) is 0 Å². The van der Waals surface area contributed by atoms with Crippen LogP contribution in [0.4, 0.5) is 0 Å². The summed E-state index contributed by atoms with van der Waals surface area (Å²) in [4.78, 5) is 0. The van der Waals surface area contributed by atoms with Gasteiger partial charge in [-0.1, -0.05) is 45.0 Å². The van der Waals surface area contributed by atoms with Crippen LogP contribution in [0.1, 0.15) is 26.3 Å². The van der Waals surface area contributed by atoms with Crippen LogP contribution in [0.15, 0.2) is 30.5 Å². The molecule has 80 valence electrons. The Morgan fingerprint density at radius 1 is 1.12 bits per heavy atom. The molecule has 0 unspecified atom stereocenters. The topological polar surface area (TPSA) is 28.7 Å². The Hall–Kier alpha value is -1.51. The van der Waals surface area contributed by atoms with Crippen molar-refractivity contribution in [1.82, 2.24) is 10.2 Å². The third kappa shape index (κ3) is 2.03. The Bertz CT molecular complexity index is 477. The predicted molar refractivity (Wildman–Crippen MR) is 68.1 cm³/mol. The van der Waals surface area contributed by atoms with Gasteiger partial charge in [0.1, 0.15) is 7.85 Å². The Kier molecular flexibility index (Phi) is 2.62. The lowest BCUT2D eigenvalue weighted by Gasteiger charge is -2.19. The Labute approximate surface area is 97.5 Å². The van der Waals surface area contributed by atoms with Crippen LogP contribution in [0.3, 0.4) is 0 Å². The van der Waals surface area contributed by atoms with Crippen LogP contribution in [0, 0.1) is 0 Å². The molecule has 2 aromatic rings. The van der Waals surface area contributed by atoms with Crippen molar-refractivity contribution in [3.8, 4) is 11.1 Å². The molecule has 2 nitrogen and oxygen atoms in total. The number of aromatic nitrogens is 2. The first-order valence-electron chi connectivity index (χ1n) is 5.38. The van der Waals surface area contributed by atoms with E-state index in [1.165, 1.54) is 5.56 Å². The first kappa shape index (κ1) is 11.0. The summed E-state index contributed by atoms with van der Waals surface area (Å²) in [6, 6.07) is 8.45. The van der Waals surface area contributed by atoms with E-state index in [4.69, 9.17) is 7.85 Å². The number of nitrogens with one attached hydrogen (secondary N) is 1. The SMILES string of the molecule is [B]c1[nH]ncc1-c1ccc(C(C)(C)C)cc1. The molecule has 0 saturated carbocycles. The van der Waals surface area contributed by atoms with Crippen molar-refractivity contribution in [2.24, 2.45) is 0 Å². The van der Waals surface area contributed by atoms with Crippen molar-refractivity contribution >= 4 is 13.4 Å². The molecule has 0 aliphatic carbocycles. The second-order valence-corrected chi connectivity index (χ2v) is 5.02. The van der Waals surface area contributed by atoms with Crippen molar-refractivity contribution in [3.05, 3.63) is 36.0 Å². The van der Waals surface area contributed by atoms with Gasteiger partial charge in [-0.2, -0.15) is 5.10 Å². The average Bonchev–Trinajstić information content (AvgIpc) is 2.63. The summed E-state index contributed by atoms with van der Waals surface area (Å²) in [5, 5.41) is 6.66. The quantitative estimate of drug-likeness (QED) is 0.718. The van der Waals surface area contributed by atoms with E-state index in [1.54, 1.807) is 6.20 Å². The zero-order valence-corrected chi connectivity index (χ0v) is 9.91. The van der Waals surface area contributed by atoms with E-state index in [2.05, 4.69) is 55.2 Å². The molecular formula is C13H15BN2. The van der Waals surface area contributed by atoms with Crippen molar-refractivity contribution in [2.75, 3.05) is 0 Å². The second-order valence-electron chi connectivity index (χ2n) is 5.02. The van der Waals surface area contributed by atoms with E-state index in [9.17, 15) is 0 Å². The van der Waals surface area contributed by atoms with Crippen LogP contribution in [0.25, 0.3) is 11.1 Å². The first-order chi connectivity index (χ1) is 7.48.